The molecule has 0 saturated heterocycles. The van der Waals surface area contributed by atoms with Gasteiger partial charge in [0.05, 0.1) is 6.54 Å². The average Bonchev–Trinajstić information content (AvgIpc) is 2.34. The predicted octanol–water partition coefficient (Wildman–Crippen LogP) is 2.52. The summed E-state index contributed by atoms with van der Waals surface area (Å²) in [6.45, 7) is 5.13. The van der Waals surface area contributed by atoms with E-state index in [-0.39, 0.29) is 11.9 Å². The second-order valence-electron chi connectivity index (χ2n) is 4.00. The first kappa shape index (κ1) is 14.0. The molecule has 4 heteroatoms. The van der Waals surface area contributed by atoms with E-state index in [1.54, 1.807) is 0 Å². The number of benzene rings is 1. The van der Waals surface area contributed by atoms with Gasteiger partial charge in [-0.2, -0.15) is 0 Å². The van der Waals surface area contributed by atoms with Crippen LogP contribution in [0.1, 0.15) is 31.9 Å². The van der Waals surface area contributed by atoms with E-state index in [4.69, 9.17) is 11.6 Å². The van der Waals surface area contributed by atoms with Gasteiger partial charge in [0, 0.05) is 17.6 Å². The molecule has 0 fully saturated rings. The molecule has 2 N–H and O–H groups in total. The van der Waals surface area contributed by atoms with Crippen molar-refractivity contribution in [3.63, 3.8) is 0 Å². The van der Waals surface area contributed by atoms with E-state index >= 15 is 0 Å². The number of nitrogens with one attached hydrogen (secondary N) is 2. The minimum atomic E-state index is 0.0349. The minimum absolute atomic E-state index is 0.0349. The molecule has 0 bridgehead atoms. The number of carbonyl (C=O) groups excluding carboxylic acids is 1. The van der Waals surface area contributed by atoms with Crippen LogP contribution < -0.4 is 10.6 Å². The fraction of sp³-hybridized carbons (Fsp3) is 0.462. The molecular weight excluding hydrogens is 236 g/mol. The Hall–Kier alpha value is -1.06. The first-order valence-electron chi connectivity index (χ1n) is 5.89. The van der Waals surface area contributed by atoms with Gasteiger partial charge in [0.2, 0.25) is 5.91 Å². The van der Waals surface area contributed by atoms with Gasteiger partial charge in [-0.1, -0.05) is 30.7 Å². The second-order valence-corrected chi connectivity index (χ2v) is 4.44. The summed E-state index contributed by atoms with van der Waals surface area (Å²) in [5, 5.41) is 6.72. The third kappa shape index (κ3) is 5.20. The molecular formula is C13H19ClN2O. The van der Waals surface area contributed by atoms with E-state index < -0.39 is 0 Å². The normalized spacial score (nSPS) is 12.2. The summed E-state index contributed by atoms with van der Waals surface area (Å²) in [5.74, 6) is 0.0349. The zero-order valence-electron chi connectivity index (χ0n) is 10.3. The maximum atomic E-state index is 11.4. The van der Waals surface area contributed by atoms with Gasteiger partial charge in [-0.15, -0.1) is 0 Å². The largest absolute Gasteiger partial charge is 0.355 e. The van der Waals surface area contributed by atoms with Crippen LogP contribution in [0.3, 0.4) is 0 Å². The fourth-order valence-corrected chi connectivity index (χ4v) is 1.57. The first-order valence-corrected chi connectivity index (χ1v) is 6.26. The Balaban J connectivity index is 2.36. The highest BCUT2D eigenvalue weighted by Crippen LogP contribution is 2.15. The van der Waals surface area contributed by atoms with Crippen molar-refractivity contribution in [1.29, 1.82) is 0 Å². The van der Waals surface area contributed by atoms with Crippen molar-refractivity contribution in [2.24, 2.45) is 0 Å². The lowest BCUT2D eigenvalue weighted by molar-refractivity contribution is -0.120. The summed E-state index contributed by atoms with van der Waals surface area (Å²) in [7, 11) is 0. The number of halogens is 1. The number of hydrogen-bond donors (Lipinski definition) is 2. The molecule has 0 spiro atoms. The quantitative estimate of drug-likeness (QED) is 0.819. The van der Waals surface area contributed by atoms with Gasteiger partial charge in [0.15, 0.2) is 0 Å². The monoisotopic (exact) mass is 254 g/mol. The molecule has 0 radical (unpaired) electrons. The summed E-state index contributed by atoms with van der Waals surface area (Å²) in [6.07, 6.45) is 0.957. The fourth-order valence-electron chi connectivity index (χ4n) is 1.44. The van der Waals surface area contributed by atoms with Gasteiger partial charge in [-0.3, -0.25) is 4.79 Å². The van der Waals surface area contributed by atoms with Crippen LogP contribution in [0.15, 0.2) is 24.3 Å². The van der Waals surface area contributed by atoms with Crippen LogP contribution in [0.4, 0.5) is 0 Å². The summed E-state index contributed by atoms with van der Waals surface area (Å²) < 4.78 is 0. The molecule has 94 valence electrons. The highest BCUT2D eigenvalue weighted by atomic mass is 35.5. The van der Waals surface area contributed by atoms with Crippen molar-refractivity contribution in [2.75, 3.05) is 13.1 Å². The van der Waals surface area contributed by atoms with Crippen LogP contribution in [0.2, 0.25) is 5.02 Å². The Labute approximate surface area is 108 Å². The Morgan fingerprint density at radius 3 is 2.59 bits per heavy atom. The molecule has 0 aliphatic heterocycles. The molecule has 0 saturated carbocycles. The highest BCUT2D eigenvalue weighted by Gasteiger charge is 2.06. The lowest BCUT2D eigenvalue weighted by Gasteiger charge is -2.14. The van der Waals surface area contributed by atoms with Crippen LogP contribution in [0, 0.1) is 0 Å². The molecule has 0 heterocycles. The third-order valence-electron chi connectivity index (χ3n) is 2.51. The summed E-state index contributed by atoms with van der Waals surface area (Å²) >= 11 is 5.82. The van der Waals surface area contributed by atoms with E-state index in [0.29, 0.717) is 6.54 Å². The van der Waals surface area contributed by atoms with Gasteiger partial charge in [0.1, 0.15) is 0 Å². The van der Waals surface area contributed by atoms with Gasteiger partial charge >= 0.3 is 0 Å². The van der Waals surface area contributed by atoms with E-state index in [9.17, 15) is 4.79 Å². The van der Waals surface area contributed by atoms with Crippen molar-refractivity contribution >= 4 is 17.5 Å². The van der Waals surface area contributed by atoms with Crippen LogP contribution in [-0.4, -0.2) is 19.0 Å². The summed E-state index contributed by atoms with van der Waals surface area (Å²) in [6, 6.07) is 7.77. The smallest absolute Gasteiger partial charge is 0.233 e. The Morgan fingerprint density at radius 2 is 2.00 bits per heavy atom. The van der Waals surface area contributed by atoms with Crippen molar-refractivity contribution in [3.8, 4) is 0 Å². The Kier molecular flexibility index (Phi) is 6.01. The van der Waals surface area contributed by atoms with Crippen LogP contribution in [-0.2, 0) is 4.79 Å². The zero-order valence-corrected chi connectivity index (χ0v) is 11.1. The molecule has 1 amide bonds. The SMILES string of the molecule is CCCNC(=O)CN[C@@H](C)c1ccc(Cl)cc1. The Bertz CT molecular complexity index is 351. The van der Waals surface area contributed by atoms with Crippen LogP contribution in [0.5, 0.6) is 0 Å². The van der Waals surface area contributed by atoms with Gasteiger partial charge in [0.25, 0.3) is 0 Å². The summed E-state index contributed by atoms with van der Waals surface area (Å²) in [4.78, 5) is 11.4. The third-order valence-corrected chi connectivity index (χ3v) is 2.76. The van der Waals surface area contributed by atoms with Crippen molar-refractivity contribution in [2.45, 2.75) is 26.3 Å². The first-order chi connectivity index (χ1) is 8.13. The number of carbonyl (C=O) groups is 1. The molecule has 0 unspecified atom stereocenters. The average molecular weight is 255 g/mol. The zero-order chi connectivity index (χ0) is 12.7. The minimum Gasteiger partial charge on any atom is -0.355 e. The maximum absolute atomic E-state index is 11.4. The lowest BCUT2D eigenvalue weighted by atomic mass is 10.1. The number of hydrogen-bond acceptors (Lipinski definition) is 2. The molecule has 0 aliphatic carbocycles. The molecule has 1 atom stereocenters. The van der Waals surface area contributed by atoms with Crippen molar-refractivity contribution in [1.82, 2.24) is 10.6 Å². The molecule has 1 aromatic carbocycles. The Morgan fingerprint density at radius 1 is 1.35 bits per heavy atom. The molecule has 0 aromatic heterocycles. The van der Waals surface area contributed by atoms with Crippen LogP contribution >= 0.6 is 11.6 Å². The van der Waals surface area contributed by atoms with E-state index in [2.05, 4.69) is 10.6 Å². The predicted molar refractivity (Wildman–Crippen MR) is 71.2 cm³/mol. The molecule has 1 rings (SSSR count). The van der Waals surface area contributed by atoms with Crippen LogP contribution in [0.25, 0.3) is 0 Å². The molecule has 0 aliphatic rings. The molecule has 17 heavy (non-hydrogen) atoms. The van der Waals surface area contributed by atoms with E-state index in [1.165, 1.54) is 0 Å². The second kappa shape index (κ2) is 7.30. The van der Waals surface area contributed by atoms with Crippen molar-refractivity contribution in [3.05, 3.63) is 34.9 Å². The lowest BCUT2D eigenvalue weighted by Crippen LogP contribution is -2.35. The van der Waals surface area contributed by atoms with Gasteiger partial charge in [-0.05, 0) is 31.0 Å². The van der Waals surface area contributed by atoms with Crippen molar-refractivity contribution < 1.29 is 4.79 Å². The number of rotatable bonds is 6. The number of amides is 1. The maximum Gasteiger partial charge on any atom is 0.233 e. The van der Waals surface area contributed by atoms with Gasteiger partial charge < -0.3 is 10.6 Å². The van der Waals surface area contributed by atoms with E-state index in [1.807, 2.05) is 38.1 Å². The standard InChI is InChI=1S/C13H19ClN2O/c1-3-8-15-13(17)9-16-10(2)11-4-6-12(14)7-5-11/h4-7,10,16H,3,8-9H2,1-2H3,(H,15,17)/t10-/m0/s1. The highest BCUT2D eigenvalue weighted by molar-refractivity contribution is 6.30. The topological polar surface area (TPSA) is 41.1 Å². The summed E-state index contributed by atoms with van der Waals surface area (Å²) in [5.41, 5.74) is 1.12. The van der Waals surface area contributed by atoms with Gasteiger partial charge in [-0.25, -0.2) is 0 Å². The molecule has 3 nitrogen and oxygen atoms in total. The molecule has 1 aromatic rings. The van der Waals surface area contributed by atoms with E-state index in [0.717, 1.165) is 23.6 Å².